The molecule has 2 rings (SSSR count). The number of carbonyl (C=O) groups excluding carboxylic acids is 1. The third kappa shape index (κ3) is 4.16. The minimum atomic E-state index is -0.724. The van der Waals surface area contributed by atoms with Gasteiger partial charge in [0.15, 0.2) is 0 Å². The van der Waals surface area contributed by atoms with Crippen molar-refractivity contribution in [2.45, 2.75) is 31.7 Å². The van der Waals surface area contributed by atoms with Gasteiger partial charge in [0, 0.05) is 30.9 Å². The molecule has 2 amide bonds. The summed E-state index contributed by atoms with van der Waals surface area (Å²) in [5, 5.41) is 11.3. The lowest BCUT2D eigenvalue weighted by Crippen LogP contribution is -2.37. The molecule has 0 saturated heterocycles. The van der Waals surface area contributed by atoms with E-state index in [-0.39, 0.29) is 24.4 Å². The molecule has 0 aliphatic heterocycles. The van der Waals surface area contributed by atoms with Crippen molar-refractivity contribution in [3.63, 3.8) is 0 Å². The average molecular weight is 284 g/mol. The number of hydrogen-bond acceptors (Lipinski definition) is 2. The number of nitrogens with one attached hydrogen (secondary N) is 1. The van der Waals surface area contributed by atoms with Crippen LogP contribution in [0, 0.1) is 11.6 Å². The lowest BCUT2D eigenvalue weighted by Gasteiger charge is -2.22. The molecule has 0 heterocycles. The maximum Gasteiger partial charge on any atom is 0.322 e. The second-order valence-electron chi connectivity index (χ2n) is 4.94. The SMILES string of the molecule is O=C(Nc1cc(F)cc(F)c1)N(CCCCO)C1CC1. The first-order chi connectivity index (χ1) is 9.60. The van der Waals surface area contributed by atoms with Gasteiger partial charge in [0.2, 0.25) is 0 Å². The molecule has 1 saturated carbocycles. The van der Waals surface area contributed by atoms with Gasteiger partial charge in [-0.05, 0) is 37.8 Å². The first-order valence-electron chi connectivity index (χ1n) is 6.74. The van der Waals surface area contributed by atoms with E-state index in [4.69, 9.17) is 5.11 Å². The molecule has 0 bridgehead atoms. The van der Waals surface area contributed by atoms with Crippen molar-refractivity contribution in [3.05, 3.63) is 29.8 Å². The minimum Gasteiger partial charge on any atom is -0.396 e. The number of rotatable bonds is 6. The molecule has 110 valence electrons. The Labute approximate surface area is 116 Å². The number of aliphatic hydroxyl groups excluding tert-OH is 1. The molecule has 0 aromatic heterocycles. The Morgan fingerprint density at radius 2 is 1.90 bits per heavy atom. The van der Waals surface area contributed by atoms with Crippen LogP contribution in [0.2, 0.25) is 0 Å². The molecule has 6 heteroatoms. The third-order valence-electron chi connectivity index (χ3n) is 3.17. The van der Waals surface area contributed by atoms with Gasteiger partial charge >= 0.3 is 6.03 Å². The summed E-state index contributed by atoms with van der Waals surface area (Å²) in [5.41, 5.74) is 0.111. The summed E-state index contributed by atoms with van der Waals surface area (Å²) >= 11 is 0. The Morgan fingerprint density at radius 1 is 1.25 bits per heavy atom. The maximum absolute atomic E-state index is 13.1. The monoisotopic (exact) mass is 284 g/mol. The second-order valence-corrected chi connectivity index (χ2v) is 4.94. The highest BCUT2D eigenvalue weighted by molar-refractivity contribution is 5.89. The maximum atomic E-state index is 13.1. The summed E-state index contributed by atoms with van der Waals surface area (Å²) < 4.78 is 26.1. The fourth-order valence-electron chi connectivity index (χ4n) is 2.05. The van der Waals surface area contributed by atoms with Crippen LogP contribution in [-0.2, 0) is 0 Å². The van der Waals surface area contributed by atoms with E-state index in [1.54, 1.807) is 4.90 Å². The molecule has 0 unspecified atom stereocenters. The highest BCUT2D eigenvalue weighted by atomic mass is 19.1. The number of unbranched alkanes of at least 4 members (excludes halogenated alkanes) is 1. The average Bonchev–Trinajstić information content (AvgIpc) is 3.17. The molecule has 1 aromatic carbocycles. The van der Waals surface area contributed by atoms with Crippen molar-refractivity contribution in [1.29, 1.82) is 0 Å². The van der Waals surface area contributed by atoms with Gasteiger partial charge in [0.25, 0.3) is 0 Å². The highest BCUT2D eigenvalue weighted by Crippen LogP contribution is 2.28. The molecule has 0 atom stereocenters. The van der Waals surface area contributed by atoms with Gasteiger partial charge in [-0.2, -0.15) is 0 Å². The number of carbonyl (C=O) groups is 1. The Kier molecular flexibility index (Phi) is 4.89. The smallest absolute Gasteiger partial charge is 0.322 e. The van der Waals surface area contributed by atoms with Gasteiger partial charge in [-0.1, -0.05) is 0 Å². The van der Waals surface area contributed by atoms with Crippen LogP contribution in [0.15, 0.2) is 18.2 Å². The molecule has 0 spiro atoms. The third-order valence-corrected chi connectivity index (χ3v) is 3.17. The van der Waals surface area contributed by atoms with Crippen molar-refractivity contribution < 1.29 is 18.7 Å². The molecule has 1 aliphatic rings. The zero-order chi connectivity index (χ0) is 14.5. The van der Waals surface area contributed by atoms with Crippen LogP contribution in [0.1, 0.15) is 25.7 Å². The predicted molar refractivity (Wildman–Crippen MR) is 71.4 cm³/mol. The summed E-state index contributed by atoms with van der Waals surface area (Å²) in [7, 11) is 0. The number of halogens is 2. The molecule has 20 heavy (non-hydrogen) atoms. The molecular weight excluding hydrogens is 266 g/mol. The van der Waals surface area contributed by atoms with Gasteiger partial charge in [0.1, 0.15) is 11.6 Å². The van der Waals surface area contributed by atoms with Gasteiger partial charge in [-0.25, -0.2) is 13.6 Å². The fraction of sp³-hybridized carbons (Fsp3) is 0.500. The normalized spacial score (nSPS) is 14.2. The van der Waals surface area contributed by atoms with Crippen molar-refractivity contribution in [2.75, 3.05) is 18.5 Å². The summed E-state index contributed by atoms with van der Waals surface area (Å²) in [6.07, 6.45) is 3.23. The number of aliphatic hydroxyl groups is 1. The van der Waals surface area contributed by atoms with Gasteiger partial charge in [0.05, 0.1) is 0 Å². The highest BCUT2D eigenvalue weighted by Gasteiger charge is 2.32. The molecule has 0 radical (unpaired) electrons. The van der Waals surface area contributed by atoms with Gasteiger partial charge < -0.3 is 15.3 Å². The fourth-order valence-corrected chi connectivity index (χ4v) is 2.05. The first kappa shape index (κ1) is 14.7. The van der Waals surface area contributed by atoms with Crippen LogP contribution in [0.5, 0.6) is 0 Å². The number of amides is 2. The summed E-state index contributed by atoms with van der Waals surface area (Å²) in [6, 6.07) is 2.78. The van der Waals surface area contributed by atoms with E-state index < -0.39 is 11.6 Å². The quantitative estimate of drug-likeness (QED) is 0.789. The van der Waals surface area contributed by atoms with E-state index >= 15 is 0 Å². The van der Waals surface area contributed by atoms with E-state index in [9.17, 15) is 13.6 Å². The lowest BCUT2D eigenvalue weighted by molar-refractivity contribution is 0.204. The number of urea groups is 1. The van der Waals surface area contributed by atoms with E-state index in [1.807, 2.05) is 0 Å². The minimum absolute atomic E-state index is 0.0925. The van der Waals surface area contributed by atoms with Crippen LogP contribution in [0.25, 0.3) is 0 Å². The molecule has 1 aliphatic carbocycles. The van der Waals surface area contributed by atoms with Gasteiger partial charge in [-0.15, -0.1) is 0 Å². The predicted octanol–water partition coefficient (Wildman–Crippen LogP) is 2.73. The van der Waals surface area contributed by atoms with Crippen LogP contribution >= 0.6 is 0 Å². The van der Waals surface area contributed by atoms with Crippen molar-refractivity contribution in [3.8, 4) is 0 Å². The zero-order valence-electron chi connectivity index (χ0n) is 11.1. The van der Waals surface area contributed by atoms with Crippen LogP contribution in [0.4, 0.5) is 19.3 Å². The molecule has 1 fully saturated rings. The number of benzene rings is 1. The Bertz CT molecular complexity index is 458. The molecule has 2 N–H and O–H groups in total. The van der Waals surface area contributed by atoms with Gasteiger partial charge in [-0.3, -0.25) is 0 Å². The van der Waals surface area contributed by atoms with E-state index in [0.29, 0.717) is 19.4 Å². The largest absolute Gasteiger partial charge is 0.396 e. The molecule has 1 aromatic rings. The number of hydrogen-bond donors (Lipinski definition) is 2. The summed E-state index contributed by atoms with van der Waals surface area (Å²) in [4.78, 5) is 13.8. The number of anilines is 1. The Morgan fingerprint density at radius 3 is 2.45 bits per heavy atom. The van der Waals surface area contributed by atoms with Crippen LogP contribution in [0.3, 0.4) is 0 Å². The number of nitrogens with zero attached hydrogens (tertiary/aromatic N) is 1. The van der Waals surface area contributed by atoms with E-state index in [0.717, 1.165) is 31.0 Å². The second kappa shape index (κ2) is 6.65. The zero-order valence-corrected chi connectivity index (χ0v) is 11.1. The van der Waals surface area contributed by atoms with E-state index in [2.05, 4.69) is 5.32 Å². The lowest BCUT2D eigenvalue weighted by atomic mass is 10.3. The van der Waals surface area contributed by atoms with Crippen LogP contribution < -0.4 is 5.32 Å². The first-order valence-corrected chi connectivity index (χ1v) is 6.74. The van der Waals surface area contributed by atoms with Crippen molar-refractivity contribution in [2.24, 2.45) is 0 Å². The topological polar surface area (TPSA) is 52.6 Å². The summed E-state index contributed by atoms with van der Waals surface area (Å²) in [5.74, 6) is -1.45. The Balaban J connectivity index is 1.96. The van der Waals surface area contributed by atoms with E-state index in [1.165, 1.54) is 0 Å². The van der Waals surface area contributed by atoms with Crippen molar-refractivity contribution >= 4 is 11.7 Å². The van der Waals surface area contributed by atoms with Crippen molar-refractivity contribution in [1.82, 2.24) is 4.90 Å². The summed E-state index contributed by atoms with van der Waals surface area (Å²) in [6.45, 7) is 0.629. The molecular formula is C14H18F2N2O2. The standard InChI is InChI=1S/C14H18F2N2O2/c15-10-7-11(16)9-12(8-10)17-14(20)18(13-3-4-13)5-1-2-6-19/h7-9,13,19H,1-6H2,(H,17,20). The molecule has 4 nitrogen and oxygen atoms in total. The Hall–Kier alpha value is -1.69. The van der Waals surface area contributed by atoms with Crippen LogP contribution in [-0.4, -0.2) is 35.2 Å².